The van der Waals surface area contributed by atoms with Crippen molar-refractivity contribution in [1.29, 1.82) is 0 Å². The zero-order valence-corrected chi connectivity index (χ0v) is 21.0. The van der Waals surface area contributed by atoms with Gasteiger partial charge >= 0.3 is 0 Å². The third kappa shape index (κ3) is 3.46. The molecule has 2 aliphatic heterocycles. The first-order chi connectivity index (χ1) is 14.4. The summed E-state index contributed by atoms with van der Waals surface area (Å²) in [4.78, 5) is 19.6. The van der Waals surface area contributed by atoms with Gasteiger partial charge in [-0.05, 0) is 41.8 Å². The molecule has 0 N–H and O–H groups in total. The predicted octanol–water partition coefficient (Wildman–Crippen LogP) is 7.33. The Kier molecular flexibility index (Phi) is 6.40. The molecule has 2 heterocycles. The van der Waals surface area contributed by atoms with Crippen LogP contribution in [0.1, 0.15) is 26.3 Å². The Balaban J connectivity index is 1.99. The molecule has 0 aromatic heterocycles. The number of aliphatic imine (C=N–C) groups is 1. The first kappa shape index (κ1) is 22.0. The number of hydrogen-bond donors (Lipinski definition) is 0. The number of benzene rings is 2. The van der Waals surface area contributed by atoms with E-state index in [0.29, 0.717) is 5.84 Å². The van der Waals surface area contributed by atoms with Crippen LogP contribution in [0.2, 0.25) is 0 Å². The highest BCUT2D eigenvalue weighted by molar-refractivity contribution is 9.10. The van der Waals surface area contributed by atoms with E-state index < -0.39 is 4.87 Å². The molecule has 2 unspecified atom stereocenters. The van der Waals surface area contributed by atoms with Gasteiger partial charge in [-0.3, -0.25) is 9.69 Å². The molecule has 1 saturated heterocycles. The van der Waals surface area contributed by atoms with Crippen LogP contribution in [-0.4, -0.2) is 23.2 Å². The van der Waals surface area contributed by atoms with E-state index in [1.165, 1.54) is 0 Å². The van der Waals surface area contributed by atoms with Gasteiger partial charge in [0, 0.05) is 25.8 Å². The van der Waals surface area contributed by atoms with Gasteiger partial charge < -0.3 is 0 Å². The van der Waals surface area contributed by atoms with E-state index in [1.54, 1.807) is 28.4 Å². The van der Waals surface area contributed by atoms with Crippen LogP contribution in [0.15, 0.2) is 67.8 Å². The summed E-state index contributed by atoms with van der Waals surface area (Å²) >= 11 is 14.5. The summed E-state index contributed by atoms with van der Waals surface area (Å²) < 4.78 is 2.01. The lowest BCUT2D eigenvalue weighted by Crippen LogP contribution is -2.55. The second kappa shape index (κ2) is 8.73. The Hall–Kier alpha value is -1.21. The maximum absolute atomic E-state index is 13.9. The van der Waals surface area contributed by atoms with E-state index in [0.717, 1.165) is 42.7 Å². The number of fused-ring (bicyclic) bond motifs is 3. The average Bonchev–Trinajstić information content (AvgIpc) is 3.03. The molecule has 7 heteroatoms. The molecule has 156 valence electrons. The van der Waals surface area contributed by atoms with Gasteiger partial charge in [0.25, 0.3) is 5.91 Å². The summed E-state index contributed by atoms with van der Waals surface area (Å²) in [6.07, 6.45) is 0. The lowest BCUT2D eigenvalue weighted by Gasteiger charge is -2.43. The number of anilines is 1. The van der Waals surface area contributed by atoms with E-state index in [-0.39, 0.29) is 11.8 Å². The number of hydrogen-bond acceptors (Lipinski definition) is 4. The van der Waals surface area contributed by atoms with Gasteiger partial charge in [-0.25, -0.2) is 4.99 Å². The van der Waals surface area contributed by atoms with Crippen LogP contribution in [0.4, 0.5) is 11.4 Å². The van der Waals surface area contributed by atoms with Crippen molar-refractivity contribution < 1.29 is 4.79 Å². The third-order valence-electron chi connectivity index (χ3n) is 5.36. The van der Waals surface area contributed by atoms with Gasteiger partial charge in [-0.1, -0.05) is 54.9 Å². The van der Waals surface area contributed by atoms with Crippen molar-refractivity contribution in [3.05, 3.63) is 68.4 Å². The number of carbonyl (C=O) groups is 1. The molecule has 2 atom stereocenters. The summed E-state index contributed by atoms with van der Waals surface area (Å²) in [5, 5.41) is 0. The zero-order valence-electron chi connectivity index (χ0n) is 17.0. The van der Waals surface area contributed by atoms with Crippen molar-refractivity contribution in [3.8, 4) is 0 Å². The fraction of sp³-hybridized carbons (Fsp3) is 0.304. The fourth-order valence-corrected chi connectivity index (χ4v) is 7.15. The largest absolute Gasteiger partial charge is 0.269 e. The summed E-state index contributed by atoms with van der Waals surface area (Å²) in [5.41, 5.74) is 3.32. The minimum Gasteiger partial charge on any atom is -0.269 e. The molecule has 1 fully saturated rings. The molecule has 0 radical (unpaired) electrons. The Bertz CT molecular complexity index is 1050. The topological polar surface area (TPSA) is 32.7 Å². The molecule has 0 spiro atoms. The normalized spacial score (nSPS) is 22.6. The van der Waals surface area contributed by atoms with Crippen LogP contribution >= 0.6 is 51.1 Å². The maximum atomic E-state index is 13.9. The highest BCUT2D eigenvalue weighted by atomic mass is 79.9. The number of nitrogens with zero attached hydrogens (tertiary/aromatic N) is 2. The molecule has 0 bridgehead atoms. The van der Waals surface area contributed by atoms with Crippen LogP contribution in [0.5, 0.6) is 0 Å². The van der Waals surface area contributed by atoms with Gasteiger partial charge in [0.2, 0.25) is 0 Å². The number of para-hydroxylation sites is 1. The van der Waals surface area contributed by atoms with E-state index in [1.807, 2.05) is 48.5 Å². The van der Waals surface area contributed by atoms with Crippen LogP contribution in [0.3, 0.4) is 0 Å². The molecule has 1 amide bonds. The van der Waals surface area contributed by atoms with Crippen molar-refractivity contribution in [2.24, 2.45) is 10.9 Å². The number of halogens is 2. The van der Waals surface area contributed by atoms with Crippen LogP contribution < -0.4 is 4.90 Å². The van der Waals surface area contributed by atoms with Crippen LogP contribution in [0.25, 0.3) is 0 Å². The van der Waals surface area contributed by atoms with E-state index in [9.17, 15) is 4.79 Å². The summed E-state index contributed by atoms with van der Waals surface area (Å²) in [7, 11) is 0. The Morgan fingerprint density at radius 1 is 1.17 bits per heavy atom. The van der Waals surface area contributed by atoms with Crippen molar-refractivity contribution in [1.82, 2.24) is 0 Å². The number of amides is 1. The minimum atomic E-state index is -0.911. The van der Waals surface area contributed by atoms with Gasteiger partial charge in [0.1, 0.15) is 10.7 Å². The van der Waals surface area contributed by atoms with Crippen molar-refractivity contribution in [3.63, 3.8) is 0 Å². The molecule has 2 aromatic carbocycles. The second-order valence-corrected chi connectivity index (χ2v) is 11.4. The number of carbonyl (C=O) groups excluding carboxylic acids is 1. The molecule has 2 aliphatic rings. The molecule has 30 heavy (non-hydrogen) atoms. The van der Waals surface area contributed by atoms with E-state index in [4.69, 9.17) is 16.6 Å². The van der Waals surface area contributed by atoms with Crippen molar-refractivity contribution in [2.45, 2.75) is 25.6 Å². The van der Waals surface area contributed by atoms with Gasteiger partial charge in [0.05, 0.1) is 11.4 Å². The third-order valence-corrected chi connectivity index (χ3v) is 8.80. The standard InChI is InChI=1S/C23H22BrClN2OS2/c1-4-29-21(30-5-2)19-14(3)23(25)17-13-15(24)11-12-18(17)26-22(23)27(20(19)28)16-9-7-6-8-10-16/h6-14H,4-5H2,1-3H3. The maximum Gasteiger partial charge on any atom is 0.261 e. The van der Waals surface area contributed by atoms with Gasteiger partial charge in [-0.15, -0.1) is 35.1 Å². The molecule has 0 saturated carbocycles. The van der Waals surface area contributed by atoms with Gasteiger partial charge in [-0.2, -0.15) is 0 Å². The van der Waals surface area contributed by atoms with Crippen LogP contribution in [-0.2, 0) is 9.67 Å². The molecule has 3 nitrogen and oxygen atoms in total. The first-order valence-electron chi connectivity index (χ1n) is 9.90. The molecule has 0 aliphatic carbocycles. The smallest absolute Gasteiger partial charge is 0.261 e. The number of alkyl halides is 1. The summed E-state index contributed by atoms with van der Waals surface area (Å²) in [6, 6.07) is 15.6. The van der Waals surface area contributed by atoms with E-state index >= 15 is 0 Å². The zero-order chi connectivity index (χ0) is 21.5. The van der Waals surface area contributed by atoms with Gasteiger partial charge in [0.15, 0.2) is 0 Å². The minimum absolute atomic E-state index is 0.0347. The molecular formula is C23H22BrClN2OS2. The number of amidine groups is 1. The number of rotatable bonds is 5. The quantitative estimate of drug-likeness (QED) is 0.305. The lowest BCUT2D eigenvalue weighted by molar-refractivity contribution is -0.115. The monoisotopic (exact) mass is 520 g/mol. The van der Waals surface area contributed by atoms with E-state index in [2.05, 4.69) is 36.7 Å². The molecular weight excluding hydrogens is 500 g/mol. The van der Waals surface area contributed by atoms with Crippen molar-refractivity contribution >= 4 is 74.2 Å². The average molecular weight is 522 g/mol. The first-order valence-corrected chi connectivity index (χ1v) is 13.0. The Labute approximate surface area is 199 Å². The summed E-state index contributed by atoms with van der Waals surface area (Å²) in [6.45, 7) is 6.28. The summed E-state index contributed by atoms with van der Waals surface area (Å²) in [5.74, 6) is 2.14. The Morgan fingerprint density at radius 2 is 1.83 bits per heavy atom. The Morgan fingerprint density at radius 3 is 2.47 bits per heavy atom. The molecule has 2 aromatic rings. The fourth-order valence-electron chi connectivity index (χ4n) is 3.99. The molecule has 4 rings (SSSR count). The van der Waals surface area contributed by atoms with Crippen LogP contribution in [0, 0.1) is 5.92 Å². The second-order valence-electron chi connectivity index (χ2n) is 7.07. The number of thioether (sulfide) groups is 2. The lowest BCUT2D eigenvalue weighted by atomic mass is 9.78. The SMILES string of the molecule is CCSC(SCC)=C1C(=O)N(c2ccccc2)C2=Nc3ccc(Br)cc3C2(Cl)C1C. The highest BCUT2D eigenvalue weighted by Crippen LogP contribution is 2.56. The predicted molar refractivity (Wildman–Crippen MR) is 135 cm³/mol. The van der Waals surface area contributed by atoms with Crippen molar-refractivity contribution in [2.75, 3.05) is 16.4 Å². The number of piperidine rings is 1. The highest BCUT2D eigenvalue weighted by Gasteiger charge is 2.57.